The van der Waals surface area contributed by atoms with E-state index in [1.807, 2.05) is 25.2 Å². The average molecular weight is 237 g/mol. The maximum absolute atomic E-state index is 12.5. The first-order chi connectivity index (χ1) is 7.65. The molecule has 1 aromatic rings. The normalized spacial score (nSPS) is 24.6. The van der Waals surface area contributed by atoms with Crippen molar-refractivity contribution in [2.24, 2.45) is 0 Å². The average Bonchev–Trinajstić information content (AvgIpc) is 2.62. The number of hydrogen-bond donors (Lipinski definition) is 2. The van der Waals surface area contributed by atoms with Crippen LogP contribution in [0, 0.1) is 18.4 Å². The van der Waals surface area contributed by atoms with Gasteiger partial charge in [-0.3, -0.25) is 13.9 Å². The Hall–Kier alpha value is -1.41. The molecule has 1 N–H and O–H groups in total. The number of aryl methyl sites for hydroxylation is 1. The first kappa shape index (κ1) is 11.1. The van der Waals surface area contributed by atoms with Crippen molar-refractivity contribution in [2.75, 3.05) is 5.75 Å². The van der Waals surface area contributed by atoms with Gasteiger partial charge in [0, 0.05) is 17.6 Å². The lowest BCUT2D eigenvalue weighted by atomic mass is 10.1. The van der Waals surface area contributed by atoms with Gasteiger partial charge in [0.1, 0.15) is 0 Å². The van der Waals surface area contributed by atoms with Gasteiger partial charge in [0.2, 0.25) is 0 Å². The molecule has 0 amide bonds. The summed E-state index contributed by atoms with van der Waals surface area (Å²) in [7, 11) is -2.57. The number of thiol groups is 1. The first-order valence-electron chi connectivity index (χ1n) is 5.33. The summed E-state index contributed by atoms with van der Waals surface area (Å²) in [5, 5.41) is 8.61. The third kappa shape index (κ3) is 1.93. The van der Waals surface area contributed by atoms with Crippen LogP contribution in [0.3, 0.4) is 0 Å². The second kappa shape index (κ2) is 4.22. The number of hydrogen-bond acceptors (Lipinski definition) is 3. The van der Waals surface area contributed by atoms with E-state index in [1.54, 1.807) is 6.20 Å². The molecule has 1 aliphatic rings. The molecule has 2 heterocycles. The lowest BCUT2D eigenvalue weighted by molar-refractivity contribution is 0.661. The van der Waals surface area contributed by atoms with E-state index in [1.165, 1.54) is 0 Å². The molecule has 0 spiro atoms. The smallest absolute Gasteiger partial charge is 0.187 e. The van der Waals surface area contributed by atoms with Crippen molar-refractivity contribution in [3.8, 4) is 6.19 Å². The van der Waals surface area contributed by atoms with E-state index >= 15 is 0 Å². The molecule has 1 fully saturated rings. The highest BCUT2D eigenvalue weighted by atomic mass is 32.3. The van der Waals surface area contributed by atoms with Crippen molar-refractivity contribution in [2.45, 2.75) is 25.0 Å². The van der Waals surface area contributed by atoms with Gasteiger partial charge in [-0.15, -0.1) is 0 Å². The van der Waals surface area contributed by atoms with Gasteiger partial charge in [0.05, 0.1) is 5.25 Å². The highest BCUT2D eigenvalue weighted by molar-refractivity contribution is 8.01. The highest BCUT2D eigenvalue weighted by Crippen LogP contribution is 2.37. The van der Waals surface area contributed by atoms with Gasteiger partial charge >= 0.3 is 0 Å². The van der Waals surface area contributed by atoms with Gasteiger partial charge in [-0.1, -0.05) is 6.07 Å². The van der Waals surface area contributed by atoms with Crippen molar-refractivity contribution >= 4 is 10.1 Å². The molecule has 1 unspecified atom stereocenters. The van der Waals surface area contributed by atoms with E-state index in [9.17, 15) is 4.21 Å². The van der Waals surface area contributed by atoms with Crippen LogP contribution in [0.5, 0.6) is 0 Å². The predicted octanol–water partition coefficient (Wildman–Crippen LogP) is 1.23. The van der Waals surface area contributed by atoms with E-state index in [0.717, 1.165) is 24.1 Å². The van der Waals surface area contributed by atoms with Crippen molar-refractivity contribution in [3.05, 3.63) is 29.6 Å². The highest BCUT2D eigenvalue weighted by Gasteiger charge is 2.33. The van der Waals surface area contributed by atoms with E-state index < -0.39 is 10.1 Å². The van der Waals surface area contributed by atoms with Crippen LogP contribution in [0.1, 0.15) is 29.3 Å². The lowest BCUT2D eigenvalue weighted by Gasteiger charge is -2.24. The summed E-state index contributed by atoms with van der Waals surface area (Å²) in [6.07, 6.45) is 5.38. The van der Waals surface area contributed by atoms with Crippen LogP contribution >= 0.6 is 0 Å². The SMILES string of the molecule is Cc1ccc(C2CCC[SH]2(=O)NC#N)cn1. The van der Waals surface area contributed by atoms with Crippen LogP contribution in [0.2, 0.25) is 0 Å². The van der Waals surface area contributed by atoms with Crippen LogP contribution < -0.4 is 4.72 Å². The zero-order valence-corrected chi connectivity index (χ0v) is 10.1. The lowest BCUT2D eigenvalue weighted by Crippen LogP contribution is -2.31. The minimum Gasteiger partial charge on any atom is -0.265 e. The van der Waals surface area contributed by atoms with Gasteiger partial charge in [0.15, 0.2) is 6.19 Å². The number of rotatable bonds is 2. The zero-order chi connectivity index (χ0) is 11.6. The molecule has 0 aliphatic carbocycles. The summed E-state index contributed by atoms with van der Waals surface area (Å²) >= 11 is 0. The van der Waals surface area contributed by atoms with Gasteiger partial charge in [-0.25, -0.2) is 0 Å². The Labute approximate surface area is 96.3 Å². The van der Waals surface area contributed by atoms with Crippen molar-refractivity contribution in [1.82, 2.24) is 9.71 Å². The molecule has 4 nitrogen and oxygen atoms in total. The van der Waals surface area contributed by atoms with Crippen LogP contribution in [-0.4, -0.2) is 14.9 Å². The van der Waals surface area contributed by atoms with Crippen molar-refractivity contribution in [3.63, 3.8) is 0 Å². The monoisotopic (exact) mass is 237 g/mol. The second-order valence-electron chi connectivity index (χ2n) is 4.13. The summed E-state index contributed by atoms with van der Waals surface area (Å²) < 4.78 is 15.0. The summed E-state index contributed by atoms with van der Waals surface area (Å²) in [5.74, 6) is 0.610. The molecule has 0 bridgehead atoms. The Balaban J connectivity index is 2.30. The topological polar surface area (TPSA) is 65.8 Å². The van der Waals surface area contributed by atoms with Gasteiger partial charge in [-0.05, 0) is 41.5 Å². The molecule has 2 rings (SSSR count). The van der Waals surface area contributed by atoms with E-state index in [-0.39, 0.29) is 5.25 Å². The number of pyridine rings is 1. The molecule has 0 aromatic carbocycles. The van der Waals surface area contributed by atoms with Crippen molar-refractivity contribution in [1.29, 1.82) is 5.26 Å². The molecule has 0 saturated carbocycles. The molecule has 86 valence electrons. The summed E-state index contributed by atoms with van der Waals surface area (Å²) in [4.78, 5) is 4.22. The van der Waals surface area contributed by atoms with Crippen LogP contribution in [0.15, 0.2) is 18.3 Å². The molecule has 5 heteroatoms. The standard InChI is InChI=1S/C11H15N3OS/c1-9-4-5-10(7-13-9)11-3-2-6-16(11,15)14-8-12/h4-5,7,11,16H,2-3,6H2,1H3,(H,14,15). The summed E-state index contributed by atoms with van der Waals surface area (Å²) in [6.45, 7) is 1.92. The predicted molar refractivity (Wildman–Crippen MR) is 64.1 cm³/mol. The largest absolute Gasteiger partial charge is 0.265 e. The van der Waals surface area contributed by atoms with E-state index in [2.05, 4.69) is 9.71 Å². The Morgan fingerprint density at radius 3 is 3.06 bits per heavy atom. The Morgan fingerprint density at radius 2 is 2.44 bits per heavy atom. The van der Waals surface area contributed by atoms with Crippen LogP contribution in [0.25, 0.3) is 0 Å². The number of nitrogens with one attached hydrogen (secondary N) is 1. The second-order valence-corrected chi connectivity index (χ2v) is 7.02. The molecule has 0 radical (unpaired) electrons. The van der Waals surface area contributed by atoms with Crippen molar-refractivity contribution < 1.29 is 4.21 Å². The molecule has 1 saturated heterocycles. The molecule has 1 atom stereocenters. The van der Waals surface area contributed by atoms with Crippen LogP contribution in [0.4, 0.5) is 0 Å². The first-order valence-corrected chi connectivity index (χ1v) is 7.29. The summed E-state index contributed by atoms with van der Waals surface area (Å²) in [6, 6.07) is 3.88. The Bertz CT molecular complexity index is 463. The van der Waals surface area contributed by atoms with Gasteiger partial charge in [0.25, 0.3) is 0 Å². The van der Waals surface area contributed by atoms with Gasteiger partial charge < -0.3 is 0 Å². The zero-order valence-electron chi connectivity index (χ0n) is 9.18. The molecule has 1 aliphatic heterocycles. The number of nitriles is 1. The summed E-state index contributed by atoms with van der Waals surface area (Å²) in [5.41, 5.74) is 1.93. The molecule has 16 heavy (non-hydrogen) atoms. The molecular weight excluding hydrogens is 222 g/mol. The maximum Gasteiger partial charge on any atom is 0.187 e. The fourth-order valence-electron chi connectivity index (χ4n) is 2.19. The number of aromatic nitrogens is 1. The fraction of sp³-hybridized carbons (Fsp3) is 0.455. The van der Waals surface area contributed by atoms with E-state index in [0.29, 0.717) is 5.75 Å². The van der Waals surface area contributed by atoms with Gasteiger partial charge in [-0.2, -0.15) is 5.26 Å². The maximum atomic E-state index is 12.5. The Kier molecular flexibility index (Phi) is 2.92. The number of nitrogens with zero attached hydrogens (tertiary/aromatic N) is 2. The fourth-order valence-corrected chi connectivity index (χ4v) is 4.82. The minimum absolute atomic E-state index is 0.0414. The molecular formula is C11H15N3OS. The third-order valence-corrected chi connectivity index (χ3v) is 6.05. The Morgan fingerprint density at radius 1 is 1.62 bits per heavy atom. The van der Waals surface area contributed by atoms with E-state index in [4.69, 9.17) is 5.26 Å². The third-order valence-electron chi connectivity index (χ3n) is 3.03. The minimum atomic E-state index is -2.57. The van der Waals surface area contributed by atoms with Crippen LogP contribution in [-0.2, 0) is 10.1 Å². The quantitative estimate of drug-likeness (QED) is 0.462. The molecule has 1 aromatic heterocycles.